The van der Waals surface area contributed by atoms with Crippen LogP contribution in [0.5, 0.6) is 5.75 Å². The fraction of sp³-hybridized carbons (Fsp3) is 0.111. The second-order valence-electron chi connectivity index (χ2n) is 7.75. The molecule has 0 fully saturated rings. The van der Waals surface area contributed by atoms with Gasteiger partial charge >= 0.3 is 11.9 Å². The minimum absolute atomic E-state index is 0.0366. The van der Waals surface area contributed by atoms with Crippen LogP contribution < -0.4 is 4.74 Å². The first-order valence-electron chi connectivity index (χ1n) is 10.8. The van der Waals surface area contributed by atoms with Crippen LogP contribution in [-0.2, 0) is 32.7 Å². The summed E-state index contributed by atoms with van der Waals surface area (Å²) in [6.07, 6.45) is 4.97. The first-order valence-corrected chi connectivity index (χ1v) is 12.3. The lowest BCUT2D eigenvalue weighted by molar-refractivity contribution is -0.132. The maximum Gasteiger partial charge on any atom is 0.328 e. The molecule has 0 unspecified atom stereocenters. The number of rotatable bonds is 11. The van der Waals surface area contributed by atoms with E-state index in [0.29, 0.717) is 22.3 Å². The van der Waals surface area contributed by atoms with E-state index in [0.717, 1.165) is 12.2 Å². The molecule has 0 amide bonds. The molecule has 3 aromatic rings. The zero-order valence-corrected chi connectivity index (χ0v) is 20.3. The van der Waals surface area contributed by atoms with Crippen LogP contribution in [0.15, 0.2) is 89.8 Å². The van der Waals surface area contributed by atoms with Crippen LogP contribution in [-0.4, -0.2) is 42.0 Å². The van der Waals surface area contributed by atoms with Gasteiger partial charge in [0.05, 0.1) is 7.11 Å². The molecule has 0 heterocycles. The highest BCUT2D eigenvalue weighted by atomic mass is 32.2. The van der Waals surface area contributed by atoms with Crippen molar-refractivity contribution < 1.29 is 33.0 Å². The molecule has 9 heteroatoms. The van der Waals surface area contributed by atoms with Gasteiger partial charge in [0.25, 0.3) is 0 Å². The van der Waals surface area contributed by atoms with E-state index in [4.69, 9.17) is 14.9 Å². The number of carboxylic acid groups (broad SMARTS) is 2. The third kappa shape index (κ3) is 7.14. The van der Waals surface area contributed by atoms with Crippen LogP contribution in [0.1, 0.15) is 22.3 Å². The first kappa shape index (κ1) is 26.4. The van der Waals surface area contributed by atoms with Gasteiger partial charge < -0.3 is 14.9 Å². The lowest BCUT2D eigenvalue weighted by atomic mass is 10.1. The van der Waals surface area contributed by atoms with Crippen molar-refractivity contribution >= 4 is 34.1 Å². The van der Waals surface area contributed by atoms with E-state index in [1.165, 1.54) is 29.6 Å². The Bertz CT molecular complexity index is 1310. The Kier molecular flexibility index (Phi) is 8.77. The van der Waals surface area contributed by atoms with Gasteiger partial charge in [-0.05, 0) is 46.5 Å². The third-order valence-corrected chi connectivity index (χ3v) is 7.03. The van der Waals surface area contributed by atoms with Gasteiger partial charge in [-0.1, -0.05) is 60.7 Å². The summed E-state index contributed by atoms with van der Waals surface area (Å²) in [5.74, 6) is -1.89. The van der Waals surface area contributed by atoms with Crippen LogP contribution in [0.3, 0.4) is 0 Å². The quantitative estimate of drug-likeness (QED) is 0.372. The summed E-state index contributed by atoms with van der Waals surface area (Å²) in [6, 6.07) is 20.2. The Morgan fingerprint density at radius 2 is 1.22 bits per heavy atom. The molecule has 0 aliphatic heterocycles. The van der Waals surface area contributed by atoms with E-state index in [-0.39, 0.29) is 23.7 Å². The number of sulfonamides is 1. The van der Waals surface area contributed by atoms with Crippen molar-refractivity contribution in [3.63, 3.8) is 0 Å². The molecule has 0 radical (unpaired) electrons. The van der Waals surface area contributed by atoms with Crippen molar-refractivity contribution in [2.75, 3.05) is 7.11 Å². The van der Waals surface area contributed by atoms with Gasteiger partial charge in [0, 0.05) is 25.2 Å². The van der Waals surface area contributed by atoms with Crippen molar-refractivity contribution in [1.29, 1.82) is 0 Å². The van der Waals surface area contributed by atoms with Gasteiger partial charge in [0.1, 0.15) is 10.6 Å². The first-order chi connectivity index (χ1) is 17.2. The highest BCUT2D eigenvalue weighted by molar-refractivity contribution is 7.89. The summed E-state index contributed by atoms with van der Waals surface area (Å²) >= 11 is 0. The minimum Gasteiger partial charge on any atom is -0.495 e. The maximum atomic E-state index is 13.7. The molecule has 36 heavy (non-hydrogen) atoms. The summed E-state index contributed by atoms with van der Waals surface area (Å²) < 4.78 is 34.0. The molecule has 3 aromatic carbocycles. The molecule has 3 rings (SSSR count). The van der Waals surface area contributed by atoms with Crippen LogP contribution in [0.4, 0.5) is 0 Å². The number of benzene rings is 3. The Labute approximate surface area is 209 Å². The monoisotopic (exact) mass is 507 g/mol. The van der Waals surface area contributed by atoms with E-state index < -0.39 is 22.0 Å². The molecule has 0 aromatic heterocycles. The zero-order valence-electron chi connectivity index (χ0n) is 19.4. The molecule has 0 saturated carbocycles. The van der Waals surface area contributed by atoms with Gasteiger partial charge in [-0.15, -0.1) is 0 Å². The fourth-order valence-corrected chi connectivity index (χ4v) is 4.98. The van der Waals surface area contributed by atoms with Crippen LogP contribution >= 0.6 is 0 Å². The SMILES string of the molecule is COc1ccccc1S(=O)(=O)N(Cc1ccc(/C=C/C(=O)O)cc1)Cc1ccc(/C=C/C(=O)O)cc1. The summed E-state index contributed by atoms with van der Waals surface area (Å²) in [5, 5.41) is 17.6. The lowest BCUT2D eigenvalue weighted by Crippen LogP contribution is -2.30. The summed E-state index contributed by atoms with van der Waals surface area (Å²) in [7, 11) is -2.57. The average Bonchev–Trinajstić information content (AvgIpc) is 2.87. The summed E-state index contributed by atoms with van der Waals surface area (Å²) in [4.78, 5) is 21.5. The molecule has 8 nitrogen and oxygen atoms in total. The average molecular weight is 508 g/mol. The van der Waals surface area contributed by atoms with Crippen molar-refractivity contribution in [3.05, 3.63) is 107 Å². The number of nitrogens with zero attached hydrogens (tertiary/aromatic N) is 1. The smallest absolute Gasteiger partial charge is 0.328 e. The predicted molar refractivity (Wildman–Crippen MR) is 136 cm³/mol. The molecule has 0 bridgehead atoms. The van der Waals surface area contributed by atoms with Gasteiger partial charge in [-0.3, -0.25) is 0 Å². The van der Waals surface area contributed by atoms with Crippen molar-refractivity contribution in [2.45, 2.75) is 18.0 Å². The standard InChI is InChI=1S/C27H25NO7S/c1-35-24-4-2-3-5-25(24)36(33,34)28(18-22-10-6-20(7-11-22)14-16-26(29)30)19-23-12-8-21(9-13-23)15-17-27(31)32/h2-17H,18-19H2,1H3,(H,29,30)(H,31,32)/b16-14+,17-15+. The highest BCUT2D eigenvalue weighted by Gasteiger charge is 2.28. The van der Waals surface area contributed by atoms with Crippen molar-refractivity contribution in [3.8, 4) is 5.75 Å². The molecule has 0 spiro atoms. The van der Waals surface area contributed by atoms with Gasteiger partial charge in [0.2, 0.25) is 10.0 Å². The summed E-state index contributed by atoms with van der Waals surface area (Å²) in [5.41, 5.74) is 2.76. The maximum absolute atomic E-state index is 13.7. The lowest BCUT2D eigenvalue weighted by Gasteiger charge is -2.24. The number of hydrogen-bond acceptors (Lipinski definition) is 5. The van der Waals surface area contributed by atoms with Crippen molar-refractivity contribution in [2.24, 2.45) is 0 Å². The Morgan fingerprint density at radius 3 is 1.64 bits per heavy atom. The molecule has 0 atom stereocenters. The van der Waals surface area contributed by atoms with Gasteiger partial charge in [-0.2, -0.15) is 4.31 Å². The molecule has 0 saturated heterocycles. The number of ether oxygens (including phenoxy) is 1. The number of methoxy groups -OCH3 is 1. The van der Waals surface area contributed by atoms with E-state index in [1.807, 2.05) is 0 Å². The number of carbonyl (C=O) groups is 2. The number of carboxylic acids is 2. The van der Waals surface area contributed by atoms with Gasteiger partial charge in [0.15, 0.2) is 0 Å². The Balaban J connectivity index is 1.93. The van der Waals surface area contributed by atoms with E-state index >= 15 is 0 Å². The molecule has 0 aliphatic carbocycles. The summed E-state index contributed by atoms with van der Waals surface area (Å²) in [6.45, 7) is 0.119. The Hall–Kier alpha value is -4.21. The Morgan fingerprint density at radius 1 is 0.778 bits per heavy atom. The predicted octanol–water partition coefficient (Wildman–Crippen LogP) is 4.28. The van der Waals surface area contributed by atoms with Crippen LogP contribution in [0.25, 0.3) is 12.2 Å². The molecule has 0 aliphatic rings. The number of hydrogen-bond donors (Lipinski definition) is 2. The molecular formula is C27H25NO7S. The van der Waals surface area contributed by atoms with Gasteiger partial charge in [-0.25, -0.2) is 18.0 Å². The minimum atomic E-state index is -3.98. The largest absolute Gasteiger partial charge is 0.495 e. The van der Waals surface area contributed by atoms with Crippen molar-refractivity contribution in [1.82, 2.24) is 4.31 Å². The molecule has 2 N–H and O–H groups in total. The second-order valence-corrected chi connectivity index (χ2v) is 9.66. The van der Waals surface area contributed by atoms with E-state index in [9.17, 15) is 18.0 Å². The van der Waals surface area contributed by atoms with E-state index in [2.05, 4.69) is 0 Å². The molecule has 186 valence electrons. The normalized spacial score (nSPS) is 11.8. The highest BCUT2D eigenvalue weighted by Crippen LogP contribution is 2.28. The second kappa shape index (κ2) is 12.0. The zero-order chi connectivity index (χ0) is 26.1. The number of para-hydroxylation sites is 1. The van der Waals surface area contributed by atoms with Crippen LogP contribution in [0.2, 0.25) is 0 Å². The molecular weight excluding hydrogens is 482 g/mol. The fourth-order valence-electron chi connectivity index (χ4n) is 3.41. The topological polar surface area (TPSA) is 121 Å². The third-order valence-electron chi connectivity index (χ3n) is 5.20. The number of aliphatic carboxylic acids is 2. The van der Waals surface area contributed by atoms with E-state index in [1.54, 1.807) is 66.7 Å². The van der Waals surface area contributed by atoms with Crippen LogP contribution in [0, 0.1) is 0 Å².